The third kappa shape index (κ3) is 3.41. The predicted molar refractivity (Wildman–Crippen MR) is 90.0 cm³/mol. The zero-order chi connectivity index (χ0) is 17.5. The SMILES string of the molecule is O=C(NC1CC(F)(F)C1)[C@@H]1CCC[C@@]12CCN(Cc1ccncc1)C2. The lowest BCUT2D eigenvalue weighted by atomic mass is 9.76. The first-order valence-corrected chi connectivity index (χ1v) is 9.25. The fourth-order valence-electron chi connectivity index (χ4n) is 4.97. The lowest BCUT2D eigenvalue weighted by Crippen LogP contribution is -2.53. The van der Waals surface area contributed by atoms with Crippen LogP contribution in [0.2, 0.25) is 0 Å². The Morgan fingerprint density at radius 2 is 2.04 bits per heavy atom. The van der Waals surface area contributed by atoms with E-state index in [1.165, 1.54) is 5.56 Å². The summed E-state index contributed by atoms with van der Waals surface area (Å²) in [6, 6.07) is 3.72. The van der Waals surface area contributed by atoms with Gasteiger partial charge in [-0.2, -0.15) is 0 Å². The summed E-state index contributed by atoms with van der Waals surface area (Å²) in [7, 11) is 0. The average Bonchev–Trinajstić information content (AvgIpc) is 3.14. The second-order valence-electron chi connectivity index (χ2n) is 8.09. The van der Waals surface area contributed by atoms with Crippen molar-refractivity contribution in [2.75, 3.05) is 13.1 Å². The third-order valence-electron chi connectivity index (χ3n) is 6.28. The molecule has 0 unspecified atom stereocenters. The number of pyridine rings is 1. The first-order valence-electron chi connectivity index (χ1n) is 9.25. The Balaban J connectivity index is 1.37. The van der Waals surface area contributed by atoms with Crippen molar-refractivity contribution < 1.29 is 13.6 Å². The molecule has 1 saturated heterocycles. The molecule has 4 rings (SSSR count). The zero-order valence-electron chi connectivity index (χ0n) is 14.4. The van der Waals surface area contributed by atoms with Crippen molar-refractivity contribution in [1.29, 1.82) is 0 Å². The Morgan fingerprint density at radius 1 is 1.28 bits per heavy atom. The highest BCUT2D eigenvalue weighted by Crippen LogP contribution is 2.50. The fourth-order valence-corrected chi connectivity index (χ4v) is 4.97. The van der Waals surface area contributed by atoms with Gasteiger partial charge in [-0.3, -0.25) is 14.7 Å². The number of aromatic nitrogens is 1. The lowest BCUT2D eigenvalue weighted by Gasteiger charge is -2.38. The normalized spacial score (nSPS) is 32.0. The minimum Gasteiger partial charge on any atom is -0.353 e. The van der Waals surface area contributed by atoms with Gasteiger partial charge < -0.3 is 5.32 Å². The lowest BCUT2D eigenvalue weighted by molar-refractivity contribution is -0.135. The molecule has 3 fully saturated rings. The van der Waals surface area contributed by atoms with Gasteiger partial charge in [-0.1, -0.05) is 6.42 Å². The monoisotopic (exact) mass is 349 g/mol. The third-order valence-corrected chi connectivity index (χ3v) is 6.28. The summed E-state index contributed by atoms with van der Waals surface area (Å²) in [5.41, 5.74) is 1.27. The van der Waals surface area contributed by atoms with Crippen LogP contribution in [0.5, 0.6) is 0 Å². The van der Waals surface area contributed by atoms with E-state index in [-0.39, 0.29) is 36.1 Å². The minimum atomic E-state index is -2.58. The number of amides is 1. The number of nitrogens with one attached hydrogen (secondary N) is 1. The van der Waals surface area contributed by atoms with E-state index in [2.05, 4.69) is 15.2 Å². The van der Waals surface area contributed by atoms with Crippen LogP contribution in [0.4, 0.5) is 8.78 Å². The van der Waals surface area contributed by atoms with Crippen molar-refractivity contribution in [2.45, 2.75) is 57.0 Å². The van der Waals surface area contributed by atoms with Crippen molar-refractivity contribution in [3.63, 3.8) is 0 Å². The van der Waals surface area contributed by atoms with E-state index in [4.69, 9.17) is 0 Å². The maximum Gasteiger partial charge on any atom is 0.252 e. The van der Waals surface area contributed by atoms with Gasteiger partial charge in [0.2, 0.25) is 5.91 Å². The molecule has 1 aromatic rings. The maximum absolute atomic E-state index is 13.0. The maximum atomic E-state index is 13.0. The van der Waals surface area contributed by atoms with E-state index in [0.717, 1.165) is 45.3 Å². The van der Waals surface area contributed by atoms with Crippen LogP contribution in [0.25, 0.3) is 0 Å². The molecule has 6 heteroatoms. The van der Waals surface area contributed by atoms with Gasteiger partial charge in [0.1, 0.15) is 0 Å². The second-order valence-corrected chi connectivity index (χ2v) is 8.09. The van der Waals surface area contributed by atoms with E-state index in [9.17, 15) is 13.6 Å². The van der Waals surface area contributed by atoms with Crippen molar-refractivity contribution in [1.82, 2.24) is 15.2 Å². The summed E-state index contributed by atoms with van der Waals surface area (Å²) < 4.78 is 26.0. The number of carbonyl (C=O) groups is 1. The molecule has 1 amide bonds. The molecular weight excluding hydrogens is 324 g/mol. The summed E-state index contributed by atoms with van der Waals surface area (Å²) in [6.45, 7) is 2.80. The number of likely N-dealkylation sites (tertiary alicyclic amines) is 1. The molecule has 0 bridgehead atoms. The van der Waals surface area contributed by atoms with Crippen molar-refractivity contribution in [2.24, 2.45) is 11.3 Å². The molecule has 1 aromatic heterocycles. The van der Waals surface area contributed by atoms with E-state index in [1.807, 2.05) is 12.1 Å². The first kappa shape index (κ1) is 16.9. The fraction of sp³-hybridized carbons (Fsp3) is 0.684. The molecule has 136 valence electrons. The molecule has 2 aliphatic carbocycles. The van der Waals surface area contributed by atoms with Gasteiger partial charge in [0.05, 0.1) is 0 Å². The molecule has 1 spiro atoms. The van der Waals surface area contributed by atoms with Crippen molar-refractivity contribution in [3.05, 3.63) is 30.1 Å². The van der Waals surface area contributed by atoms with E-state index in [1.54, 1.807) is 12.4 Å². The Hall–Kier alpha value is -1.56. The molecule has 2 saturated carbocycles. The summed E-state index contributed by atoms with van der Waals surface area (Å²) in [5, 5.41) is 2.88. The molecule has 0 aromatic carbocycles. The molecule has 25 heavy (non-hydrogen) atoms. The van der Waals surface area contributed by atoms with Gasteiger partial charge in [0.25, 0.3) is 5.92 Å². The number of hydrogen-bond acceptors (Lipinski definition) is 3. The van der Waals surface area contributed by atoms with Gasteiger partial charge >= 0.3 is 0 Å². The summed E-state index contributed by atoms with van der Waals surface area (Å²) >= 11 is 0. The summed E-state index contributed by atoms with van der Waals surface area (Å²) in [5.74, 6) is -2.60. The Labute approximate surface area is 147 Å². The van der Waals surface area contributed by atoms with Gasteiger partial charge in [0.15, 0.2) is 0 Å². The highest BCUT2D eigenvalue weighted by molar-refractivity contribution is 5.80. The van der Waals surface area contributed by atoms with Crippen LogP contribution in [0.3, 0.4) is 0 Å². The van der Waals surface area contributed by atoms with Gasteiger partial charge in [-0.15, -0.1) is 0 Å². The quantitative estimate of drug-likeness (QED) is 0.909. The molecular formula is C19H25F2N3O. The van der Waals surface area contributed by atoms with Gasteiger partial charge in [0, 0.05) is 50.3 Å². The number of hydrogen-bond donors (Lipinski definition) is 1. The Morgan fingerprint density at radius 3 is 2.76 bits per heavy atom. The predicted octanol–water partition coefficient (Wildman–Crippen LogP) is 2.99. The highest BCUT2D eigenvalue weighted by atomic mass is 19.3. The molecule has 3 aliphatic rings. The van der Waals surface area contributed by atoms with Crippen LogP contribution in [0.1, 0.15) is 44.1 Å². The molecule has 2 atom stereocenters. The van der Waals surface area contributed by atoms with Crippen LogP contribution >= 0.6 is 0 Å². The highest BCUT2D eigenvalue weighted by Gasteiger charge is 2.52. The first-order chi connectivity index (χ1) is 12.0. The molecule has 1 N–H and O–H groups in total. The van der Waals surface area contributed by atoms with Gasteiger partial charge in [-0.05, 0) is 48.9 Å². The van der Waals surface area contributed by atoms with Gasteiger partial charge in [-0.25, -0.2) is 8.78 Å². The van der Waals surface area contributed by atoms with Crippen LogP contribution in [-0.4, -0.2) is 40.8 Å². The van der Waals surface area contributed by atoms with Crippen molar-refractivity contribution in [3.8, 4) is 0 Å². The van der Waals surface area contributed by atoms with Crippen LogP contribution < -0.4 is 5.32 Å². The van der Waals surface area contributed by atoms with Crippen molar-refractivity contribution >= 4 is 5.91 Å². The zero-order valence-corrected chi connectivity index (χ0v) is 14.4. The Kier molecular flexibility index (Phi) is 4.26. The van der Waals surface area contributed by atoms with Crippen LogP contribution in [0, 0.1) is 11.3 Å². The molecule has 2 heterocycles. The standard InChI is InChI=1S/C19H25F2N3O/c20-19(21)10-15(11-19)23-17(25)16-2-1-5-18(16)6-9-24(13-18)12-14-3-7-22-8-4-14/h3-4,7-8,15-16H,1-2,5-6,9-13H2,(H,23,25)/t16-,18-/m0/s1. The molecule has 0 radical (unpaired) electrons. The number of carbonyl (C=O) groups excluding carboxylic acids is 1. The summed E-state index contributed by atoms with van der Waals surface area (Å²) in [6.07, 6.45) is 7.25. The topological polar surface area (TPSA) is 45.2 Å². The average molecular weight is 349 g/mol. The Bertz CT molecular complexity index is 631. The number of nitrogens with zero attached hydrogens (tertiary/aromatic N) is 2. The summed E-state index contributed by atoms with van der Waals surface area (Å²) in [4.78, 5) is 19.2. The number of halogens is 2. The van der Waals surface area contributed by atoms with Crippen LogP contribution in [-0.2, 0) is 11.3 Å². The van der Waals surface area contributed by atoms with E-state index < -0.39 is 5.92 Å². The van der Waals surface area contributed by atoms with E-state index >= 15 is 0 Å². The number of rotatable bonds is 4. The minimum absolute atomic E-state index is 0.00348. The second kappa shape index (κ2) is 6.31. The van der Waals surface area contributed by atoms with Crippen LogP contribution in [0.15, 0.2) is 24.5 Å². The largest absolute Gasteiger partial charge is 0.353 e. The van der Waals surface area contributed by atoms with E-state index in [0.29, 0.717) is 0 Å². The molecule has 4 nitrogen and oxygen atoms in total. The number of alkyl halides is 2. The smallest absolute Gasteiger partial charge is 0.252 e. The molecule has 1 aliphatic heterocycles.